The summed E-state index contributed by atoms with van der Waals surface area (Å²) in [4.78, 5) is 19.3. The number of carboxylic acids is 1. The SMILES string of the molecule is CSc1cc(NC2CCCC(C(=O)O)C2)ncn1. The number of hydrogen-bond acceptors (Lipinski definition) is 5. The van der Waals surface area contributed by atoms with Crippen LogP contribution >= 0.6 is 11.8 Å². The summed E-state index contributed by atoms with van der Waals surface area (Å²) < 4.78 is 0. The van der Waals surface area contributed by atoms with E-state index < -0.39 is 5.97 Å². The van der Waals surface area contributed by atoms with Crippen molar-refractivity contribution in [1.29, 1.82) is 0 Å². The minimum atomic E-state index is -0.686. The van der Waals surface area contributed by atoms with Crippen LogP contribution in [-0.2, 0) is 4.79 Å². The van der Waals surface area contributed by atoms with Crippen LogP contribution in [0.15, 0.2) is 17.4 Å². The van der Waals surface area contributed by atoms with Crippen LogP contribution in [0, 0.1) is 5.92 Å². The van der Waals surface area contributed by atoms with Crippen LogP contribution in [0.4, 0.5) is 5.82 Å². The molecule has 0 saturated heterocycles. The topological polar surface area (TPSA) is 75.1 Å². The van der Waals surface area contributed by atoms with Crippen LogP contribution in [0.3, 0.4) is 0 Å². The molecule has 1 saturated carbocycles. The molecule has 2 rings (SSSR count). The maximum Gasteiger partial charge on any atom is 0.306 e. The molecule has 1 aliphatic rings. The van der Waals surface area contributed by atoms with Gasteiger partial charge in [-0.15, -0.1) is 11.8 Å². The maximum absolute atomic E-state index is 11.0. The van der Waals surface area contributed by atoms with Crippen molar-refractivity contribution in [2.45, 2.75) is 36.8 Å². The van der Waals surface area contributed by atoms with Gasteiger partial charge in [-0.05, 0) is 25.5 Å². The van der Waals surface area contributed by atoms with E-state index in [1.54, 1.807) is 11.8 Å². The molecule has 0 spiro atoms. The number of aliphatic carboxylic acids is 1. The molecule has 0 radical (unpaired) electrons. The summed E-state index contributed by atoms with van der Waals surface area (Å²) in [5.74, 6) is -0.127. The average Bonchev–Trinajstić information content (AvgIpc) is 2.39. The van der Waals surface area contributed by atoms with Gasteiger partial charge in [0.1, 0.15) is 17.2 Å². The average molecular weight is 267 g/mol. The lowest BCUT2D eigenvalue weighted by atomic mass is 9.86. The molecular formula is C12H17N3O2S. The maximum atomic E-state index is 11.0. The fourth-order valence-corrected chi connectivity index (χ4v) is 2.67. The molecule has 2 N–H and O–H groups in total. The zero-order valence-corrected chi connectivity index (χ0v) is 11.1. The Kier molecular flexibility index (Phi) is 4.41. The summed E-state index contributed by atoms with van der Waals surface area (Å²) in [5.41, 5.74) is 0. The van der Waals surface area contributed by atoms with Gasteiger partial charge >= 0.3 is 5.97 Å². The Morgan fingerprint density at radius 1 is 1.50 bits per heavy atom. The lowest BCUT2D eigenvalue weighted by Crippen LogP contribution is -2.31. The first-order chi connectivity index (χ1) is 8.69. The first-order valence-corrected chi connectivity index (χ1v) is 7.27. The summed E-state index contributed by atoms with van der Waals surface area (Å²) in [6.45, 7) is 0. The molecule has 1 aliphatic carbocycles. The molecule has 1 aromatic rings. The summed E-state index contributed by atoms with van der Waals surface area (Å²) in [6, 6.07) is 2.10. The summed E-state index contributed by atoms with van der Waals surface area (Å²) in [5, 5.41) is 13.3. The van der Waals surface area contributed by atoms with Crippen molar-refractivity contribution in [1.82, 2.24) is 9.97 Å². The predicted octanol–water partition coefficient (Wildman–Crippen LogP) is 2.25. The number of nitrogens with one attached hydrogen (secondary N) is 1. The molecule has 98 valence electrons. The van der Waals surface area contributed by atoms with Crippen LogP contribution in [0.5, 0.6) is 0 Å². The zero-order valence-electron chi connectivity index (χ0n) is 10.3. The predicted molar refractivity (Wildman–Crippen MR) is 70.8 cm³/mol. The molecule has 0 aliphatic heterocycles. The third kappa shape index (κ3) is 3.35. The van der Waals surface area contributed by atoms with Gasteiger partial charge in [0.25, 0.3) is 0 Å². The van der Waals surface area contributed by atoms with Gasteiger partial charge in [-0.3, -0.25) is 4.79 Å². The van der Waals surface area contributed by atoms with Crippen molar-refractivity contribution >= 4 is 23.5 Å². The van der Waals surface area contributed by atoms with Crippen molar-refractivity contribution in [3.05, 3.63) is 12.4 Å². The molecule has 1 aromatic heterocycles. The lowest BCUT2D eigenvalue weighted by Gasteiger charge is -2.27. The summed E-state index contributed by atoms with van der Waals surface area (Å²) >= 11 is 1.57. The van der Waals surface area contributed by atoms with Gasteiger partial charge in [-0.25, -0.2) is 9.97 Å². The van der Waals surface area contributed by atoms with E-state index in [1.165, 1.54) is 6.33 Å². The zero-order chi connectivity index (χ0) is 13.0. The normalized spacial score (nSPS) is 23.6. The second-order valence-electron chi connectivity index (χ2n) is 4.49. The number of carbonyl (C=O) groups is 1. The number of anilines is 1. The quantitative estimate of drug-likeness (QED) is 0.644. The van der Waals surface area contributed by atoms with Crippen LogP contribution in [0.2, 0.25) is 0 Å². The van der Waals surface area contributed by atoms with E-state index in [2.05, 4.69) is 15.3 Å². The fourth-order valence-electron chi connectivity index (χ4n) is 2.28. The summed E-state index contributed by atoms with van der Waals surface area (Å²) in [7, 11) is 0. The Hall–Kier alpha value is -1.30. The molecule has 5 nitrogen and oxygen atoms in total. The van der Waals surface area contributed by atoms with Gasteiger partial charge in [0.2, 0.25) is 0 Å². The lowest BCUT2D eigenvalue weighted by molar-refractivity contribution is -0.142. The van der Waals surface area contributed by atoms with E-state index in [0.29, 0.717) is 6.42 Å². The largest absolute Gasteiger partial charge is 0.481 e. The molecule has 0 amide bonds. The minimum absolute atomic E-state index is 0.199. The van der Waals surface area contributed by atoms with Crippen molar-refractivity contribution in [3.63, 3.8) is 0 Å². The van der Waals surface area contributed by atoms with E-state index in [-0.39, 0.29) is 12.0 Å². The number of nitrogens with zero attached hydrogens (tertiary/aromatic N) is 2. The smallest absolute Gasteiger partial charge is 0.306 e. The highest BCUT2D eigenvalue weighted by molar-refractivity contribution is 7.98. The van der Waals surface area contributed by atoms with Gasteiger partial charge in [-0.1, -0.05) is 6.42 Å². The van der Waals surface area contributed by atoms with Crippen LogP contribution in [-0.4, -0.2) is 33.3 Å². The molecule has 0 aromatic carbocycles. The standard InChI is InChI=1S/C12H17N3O2S/c1-18-11-6-10(13-7-14-11)15-9-4-2-3-8(5-9)12(16)17/h6-9H,2-5H2,1H3,(H,16,17)(H,13,14,15). The highest BCUT2D eigenvalue weighted by Crippen LogP contribution is 2.26. The second kappa shape index (κ2) is 6.04. The first-order valence-electron chi connectivity index (χ1n) is 6.04. The first kappa shape index (κ1) is 13.1. The molecule has 0 bridgehead atoms. The van der Waals surface area contributed by atoms with Crippen molar-refractivity contribution in [2.24, 2.45) is 5.92 Å². The molecule has 2 atom stereocenters. The monoisotopic (exact) mass is 267 g/mol. The highest BCUT2D eigenvalue weighted by atomic mass is 32.2. The number of carboxylic acid groups (broad SMARTS) is 1. The second-order valence-corrected chi connectivity index (χ2v) is 5.32. The fraction of sp³-hybridized carbons (Fsp3) is 0.583. The minimum Gasteiger partial charge on any atom is -0.481 e. The molecular weight excluding hydrogens is 250 g/mol. The van der Waals surface area contributed by atoms with Crippen LogP contribution in [0.25, 0.3) is 0 Å². The van der Waals surface area contributed by atoms with Gasteiger partial charge in [0.05, 0.1) is 5.92 Å². The number of hydrogen-bond donors (Lipinski definition) is 2. The molecule has 6 heteroatoms. The van der Waals surface area contributed by atoms with E-state index in [9.17, 15) is 4.79 Å². The van der Waals surface area contributed by atoms with E-state index in [1.807, 2.05) is 12.3 Å². The molecule has 18 heavy (non-hydrogen) atoms. The van der Waals surface area contributed by atoms with E-state index >= 15 is 0 Å². The Morgan fingerprint density at radius 2 is 2.33 bits per heavy atom. The van der Waals surface area contributed by atoms with Crippen molar-refractivity contribution in [3.8, 4) is 0 Å². The Bertz CT molecular complexity index is 428. The van der Waals surface area contributed by atoms with Gasteiger partial charge in [0, 0.05) is 12.1 Å². The van der Waals surface area contributed by atoms with Crippen molar-refractivity contribution in [2.75, 3.05) is 11.6 Å². The van der Waals surface area contributed by atoms with E-state index in [0.717, 1.165) is 30.1 Å². The number of aromatic nitrogens is 2. The number of rotatable bonds is 4. The third-order valence-electron chi connectivity index (χ3n) is 3.23. The summed E-state index contributed by atoms with van der Waals surface area (Å²) in [6.07, 6.45) is 6.91. The molecule has 2 unspecified atom stereocenters. The Balaban J connectivity index is 1.97. The van der Waals surface area contributed by atoms with Gasteiger partial charge in [0.15, 0.2) is 0 Å². The van der Waals surface area contributed by atoms with Crippen LogP contribution < -0.4 is 5.32 Å². The van der Waals surface area contributed by atoms with Gasteiger partial charge < -0.3 is 10.4 Å². The van der Waals surface area contributed by atoms with Gasteiger partial charge in [-0.2, -0.15) is 0 Å². The van der Waals surface area contributed by atoms with E-state index in [4.69, 9.17) is 5.11 Å². The highest BCUT2D eigenvalue weighted by Gasteiger charge is 2.26. The molecule has 1 fully saturated rings. The molecule has 1 heterocycles. The van der Waals surface area contributed by atoms with Crippen molar-refractivity contribution < 1.29 is 9.90 Å². The van der Waals surface area contributed by atoms with Crippen LogP contribution in [0.1, 0.15) is 25.7 Å². The number of thioether (sulfide) groups is 1. The third-order valence-corrected chi connectivity index (χ3v) is 3.87. The Labute approximate surface area is 110 Å². The Morgan fingerprint density at radius 3 is 3.06 bits per heavy atom.